The van der Waals surface area contributed by atoms with Gasteiger partial charge in [-0.2, -0.15) is 0 Å². The van der Waals surface area contributed by atoms with Gasteiger partial charge in [-0.05, 0) is 48.6 Å². The minimum Gasteiger partial charge on any atom is -0.311 e. The third-order valence-electron chi connectivity index (χ3n) is 5.31. The molecule has 134 valence electrons. The van der Waals surface area contributed by atoms with E-state index in [1.54, 1.807) is 4.90 Å². The highest BCUT2D eigenvalue weighted by molar-refractivity contribution is 6.31. The summed E-state index contributed by atoms with van der Waals surface area (Å²) >= 11 is 6.25. The molecule has 0 aromatic heterocycles. The van der Waals surface area contributed by atoms with Gasteiger partial charge >= 0.3 is 0 Å². The minimum absolute atomic E-state index is 0.103. The van der Waals surface area contributed by atoms with Crippen molar-refractivity contribution >= 4 is 17.5 Å². The molecule has 5 heteroatoms. The topological polar surface area (TPSA) is 35.6 Å². The van der Waals surface area contributed by atoms with Crippen molar-refractivity contribution in [1.82, 2.24) is 15.3 Å². The Morgan fingerprint density at radius 1 is 1.12 bits per heavy atom. The first-order valence-electron chi connectivity index (χ1n) is 8.87. The second-order valence-corrected chi connectivity index (χ2v) is 7.45. The van der Waals surface area contributed by atoms with Crippen LogP contribution >= 0.6 is 11.6 Å². The molecular weight excluding hydrogens is 346 g/mol. The first kappa shape index (κ1) is 17.1. The van der Waals surface area contributed by atoms with Gasteiger partial charge < -0.3 is 9.91 Å². The smallest absolute Gasteiger partial charge is 0.251 e. The van der Waals surface area contributed by atoms with Crippen LogP contribution in [0.3, 0.4) is 0 Å². The van der Waals surface area contributed by atoms with Crippen LogP contribution in [-0.2, 0) is 11.3 Å². The second-order valence-electron chi connectivity index (χ2n) is 7.04. The molecule has 4 rings (SSSR count). The number of carbonyl (C=O) groups is 1. The molecule has 2 aliphatic rings. The predicted octanol–water partition coefficient (Wildman–Crippen LogP) is 4.09. The standard InChI is InChI=1S/C21H22ClN3O/c1-14-7-8-16(11-15(14)2)19-12-20-21(26)24(9-10-25(20)23-19)13-17-5-3-4-6-18(17)22/h3-11,19-20,23H,12-13H2,1-2H3. The largest absolute Gasteiger partial charge is 0.311 e. The summed E-state index contributed by atoms with van der Waals surface area (Å²) in [5.41, 5.74) is 8.19. The van der Waals surface area contributed by atoms with E-state index in [2.05, 4.69) is 37.5 Å². The Hall–Kier alpha value is -2.30. The van der Waals surface area contributed by atoms with Crippen molar-refractivity contribution in [2.75, 3.05) is 0 Å². The van der Waals surface area contributed by atoms with Gasteiger partial charge in [0.1, 0.15) is 6.04 Å². The zero-order valence-electron chi connectivity index (χ0n) is 14.9. The molecule has 2 heterocycles. The van der Waals surface area contributed by atoms with Crippen molar-refractivity contribution in [3.05, 3.63) is 82.1 Å². The van der Waals surface area contributed by atoms with E-state index in [1.807, 2.05) is 41.7 Å². The zero-order valence-corrected chi connectivity index (χ0v) is 15.7. The molecule has 2 aromatic rings. The summed E-state index contributed by atoms with van der Waals surface area (Å²) in [6, 6.07) is 14.1. The number of rotatable bonds is 3. The first-order valence-corrected chi connectivity index (χ1v) is 9.24. The Balaban J connectivity index is 1.51. The molecule has 0 spiro atoms. The fraction of sp³-hybridized carbons (Fsp3) is 0.286. The predicted molar refractivity (Wildman–Crippen MR) is 103 cm³/mol. The lowest BCUT2D eigenvalue weighted by molar-refractivity contribution is -0.134. The Morgan fingerprint density at radius 3 is 2.69 bits per heavy atom. The molecule has 0 saturated carbocycles. The minimum atomic E-state index is -0.186. The maximum Gasteiger partial charge on any atom is 0.251 e. The Labute approximate surface area is 159 Å². The number of halogens is 1. The van der Waals surface area contributed by atoms with E-state index in [0.717, 1.165) is 12.0 Å². The number of amides is 1. The molecule has 4 nitrogen and oxygen atoms in total. The molecule has 2 unspecified atom stereocenters. The molecule has 0 bridgehead atoms. The van der Waals surface area contributed by atoms with E-state index in [0.29, 0.717) is 11.6 Å². The third kappa shape index (κ3) is 3.11. The van der Waals surface area contributed by atoms with Crippen molar-refractivity contribution in [2.24, 2.45) is 0 Å². The molecule has 1 fully saturated rings. The zero-order chi connectivity index (χ0) is 18.3. The van der Waals surface area contributed by atoms with Crippen LogP contribution in [0.25, 0.3) is 0 Å². The summed E-state index contributed by atoms with van der Waals surface area (Å²) in [4.78, 5) is 14.7. The fourth-order valence-electron chi connectivity index (χ4n) is 3.58. The van der Waals surface area contributed by atoms with Crippen molar-refractivity contribution in [3.8, 4) is 0 Å². The molecule has 2 aromatic carbocycles. The summed E-state index contributed by atoms with van der Waals surface area (Å²) in [5, 5.41) is 2.62. The van der Waals surface area contributed by atoms with Gasteiger partial charge in [0.25, 0.3) is 5.91 Å². The van der Waals surface area contributed by atoms with Crippen LogP contribution in [0.2, 0.25) is 5.02 Å². The molecule has 0 radical (unpaired) electrons. The maximum absolute atomic E-state index is 13.0. The average Bonchev–Trinajstić information content (AvgIpc) is 3.07. The van der Waals surface area contributed by atoms with Crippen LogP contribution in [0.5, 0.6) is 0 Å². The molecule has 26 heavy (non-hydrogen) atoms. The highest BCUT2D eigenvalue weighted by Gasteiger charge is 2.40. The van der Waals surface area contributed by atoms with Gasteiger partial charge in [-0.25, -0.2) is 5.43 Å². The highest BCUT2D eigenvalue weighted by atomic mass is 35.5. The number of aryl methyl sites for hydroxylation is 2. The summed E-state index contributed by atoms with van der Waals surface area (Å²) in [7, 11) is 0. The van der Waals surface area contributed by atoms with Gasteiger partial charge in [0, 0.05) is 17.4 Å². The van der Waals surface area contributed by atoms with Crippen molar-refractivity contribution in [1.29, 1.82) is 0 Å². The normalized spacial score (nSPS) is 22.0. The SMILES string of the molecule is Cc1ccc(C2CC3C(=O)N(Cc4ccccc4Cl)C=CN3N2)cc1C. The van der Waals surface area contributed by atoms with Crippen LogP contribution in [0.4, 0.5) is 0 Å². The summed E-state index contributed by atoms with van der Waals surface area (Å²) in [6.45, 7) is 4.73. The number of hydrazine groups is 1. The molecule has 1 N–H and O–H groups in total. The van der Waals surface area contributed by atoms with Gasteiger partial charge in [-0.1, -0.05) is 48.0 Å². The van der Waals surface area contributed by atoms with Gasteiger partial charge in [0.05, 0.1) is 12.6 Å². The lowest BCUT2D eigenvalue weighted by atomic mass is 9.97. The van der Waals surface area contributed by atoms with Crippen LogP contribution in [0.15, 0.2) is 54.9 Å². The second kappa shape index (κ2) is 6.78. The van der Waals surface area contributed by atoms with Crippen LogP contribution < -0.4 is 5.43 Å². The van der Waals surface area contributed by atoms with Crippen molar-refractivity contribution in [3.63, 3.8) is 0 Å². The lowest BCUT2D eigenvalue weighted by Crippen LogP contribution is -2.47. The van der Waals surface area contributed by atoms with Crippen LogP contribution in [-0.4, -0.2) is 21.9 Å². The number of hydrogen-bond acceptors (Lipinski definition) is 3. The lowest BCUT2D eigenvalue weighted by Gasteiger charge is -2.32. The Kier molecular flexibility index (Phi) is 4.47. The molecule has 2 aliphatic heterocycles. The van der Waals surface area contributed by atoms with E-state index in [9.17, 15) is 4.79 Å². The molecule has 0 aliphatic carbocycles. The Morgan fingerprint density at radius 2 is 1.92 bits per heavy atom. The quantitative estimate of drug-likeness (QED) is 0.887. The number of carbonyl (C=O) groups excluding carboxylic acids is 1. The van der Waals surface area contributed by atoms with Crippen LogP contribution in [0.1, 0.15) is 34.7 Å². The maximum atomic E-state index is 13.0. The van der Waals surface area contributed by atoms with E-state index in [-0.39, 0.29) is 18.0 Å². The van der Waals surface area contributed by atoms with Crippen molar-refractivity contribution in [2.45, 2.75) is 38.9 Å². The summed E-state index contributed by atoms with van der Waals surface area (Å²) < 4.78 is 0. The Bertz CT molecular complexity index is 879. The fourth-order valence-corrected chi connectivity index (χ4v) is 3.77. The monoisotopic (exact) mass is 367 g/mol. The van der Waals surface area contributed by atoms with Gasteiger partial charge in [-0.3, -0.25) is 4.79 Å². The third-order valence-corrected chi connectivity index (χ3v) is 5.68. The molecular formula is C21H22ClN3O. The average molecular weight is 368 g/mol. The number of nitrogens with one attached hydrogen (secondary N) is 1. The van der Waals surface area contributed by atoms with Crippen LogP contribution in [0, 0.1) is 13.8 Å². The number of benzene rings is 2. The van der Waals surface area contributed by atoms with E-state index in [4.69, 9.17) is 11.6 Å². The summed E-state index contributed by atoms with van der Waals surface area (Å²) in [6.07, 6.45) is 4.53. The van der Waals surface area contributed by atoms with E-state index in [1.165, 1.54) is 16.7 Å². The van der Waals surface area contributed by atoms with Crippen molar-refractivity contribution < 1.29 is 4.79 Å². The van der Waals surface area contributed by atoms with E-state index >= 15 is 0 Å². The van der Waals surface area contributed by atoms with Gasteiger partial charge in [0.15, 0.2) is 0 Å². The van der Waals surface area contributed by atoms with Gasteiger partial charge in [0.2, 0.25) is 0 Å². The number of fused-ring (bicyclic) bond motifs is 1. The highest BCUT2D eigenvalue weighted by Crippen LogP contribution is 2.32. The number of hydrogen-bond donors (Lipinski definition) is 1. The summed E-state index contributed by atoms with van der Waals surface area (Å²) in [5.74, 6) is 0.103. The molecule has 2 atom stereocenters. The van der Waals surface area contributed by atoms with Gasteiger partial charge in [-0.15, -0.1) is 0 Å². The first-order chi connectivity index (χ1) is 12.5. The molecule has 1 amide bonds. The van der Waals surface area contributed by atoms with E-state index < -0.39 is 0 Å². The molecule has 1 saturated heterocycles. The number of nitrogens with zero attached hydrogens (tertiary/aromatic N) is 2.